The van der Waals surface area contributed by atoms with Crippen LogP contribution in [0.1, 0.15) is 80.0 Å². The van der Waals surface area contributed by atoms with Gasteiger partial charge in [-0.2, -0.15) is 5.26 Å². The van der Waals surface area contributed by atoms with Crippen molar-refractivity contribution in [1.29, 1.82) is 5.26 Å². The predicted molar refractivity (Wildman–Crippen MR) is 179 cm³/mol. The fraction of sp³-hybridized carbons (Fsp3) is 0.395. The van der Waals surface area contributed by atoms with E-state index < -0.39 is 47.9 Å². The van der Waals surface area contributed by atoms with E-state index in [2.05, 4.69) is 15.9 Å². The number of methoxy groups -OCH3 is 1. The number of amides is 2. The van der Waals surface area contributed by atoms with Crippen molar-refractivity contribution >= 4 is 23.8 Å². The molecule has 0 aliphatic carbocycles. The molecule has 2 amide bonds. The van der Waals surface area contributed by atoms with Crippen LogP contribution in [0.2, 0.25) is 0 Å². The van der Waals surface area contributed by atoms with Crippen LogP contribution in [0.25, 0.3) is 0 Å². The van der Waals surface area contributed by atoms with Crippen molar-refractivity contribution in [3.8, 4) is 34.8 Å². The van der Waals surface area contributed by atoms with E-state index in [1.165, 1.54) is 25.9 Å². The molecule has 5 aliphatic rings. The third kappa shape index (κ3) is 4.66. The summed E-state index contributed by atoms with van der Waals surface area (Å²) in [4.78, 5) is 58.5. The van der Waals surface area contributed by atoms with Crippen molar-refractivity contribution in [2.45, 2.75) is 70.7 Å². The molecule has 1 unspecified atom stereocenters. The molecular weight excluding hydrogens is 656 g/mol. The maximum absolute atomic E-state index is 13.9. The third-order valence-electron chi connectivity index (χ3n) is 11.0. The van der Waals surface area contributed by atoms with Crippen LogP contribution >= 0.6 is 0 Å². The second kappa shape index (κ2) is 11.8. The highest BCUT2D eigenvalue weighted by atomic mass is 16.7. The Bertz CT molecular complexity index is 2090. The molecular formula is C38H36N4O9. The summed E-state index contributed by atoms with van der Waals surface area (Å²) in [7, 11) is 3.48. The van der Waals surface area contributed by atoms with Gasteiger partial charge in [0.25, 0.3) is 11.8 Å². The molecule has 5 heterocycles. The summed E-state index contributed by atoms with van der Waals surface area (Å²) in [5, 5.41) is 11.0. The Morgan fingerprint density at radius 1 is 0.922 bits per heavy atom. The zero-order valence-electron chi connectivity index (χ0n) is 29.1. The molecule has 51 heavy (non-hydrogen) atoms. The van der Waals surface area contributed by atoms with Crippen molar-refractivity contribution in [3.63, 3.8) is 0 Å². The van der Waals surface area contributed by atoms with E-state index in [1.54, 1.807) is 31.2 Å². The molecule has 3 aromatic carbocycles. The molecule has 0 N–H and O–H groups in total. The Kier molecular flexibility index (Phi) is 7.59. The van der Waals surface area contributed by atoms with Gasteiger partial charge in [-0.15, -0.1) is 0 Å². The van der Waals surface area contributed by atoms with Gasteiger partial charge in [-0.25, -0.2) is 0 Å². The van der Waals surface area contributed by atoms with Crippen molar-refractivity contribution < 1.29 is 42.9 Å². The van der Waals surface area contributed by atoms with E-state index in [4.69, 9.17) is 23.7 Å². The standard InChI is InChI=1S/C38H36N4O9/c1-17-11-21-12-25-27(14-39)42-26(31(40(25)5)29(21)36(32(17)47-6)51-20(4)44)13-24-30(35-34(48-16-49-35)18(2)33(24)50-19(3)43)28(42)15-41-37(45)22-9-7-8-10-23(22)38(41)46/h7-11,25-28,31H,12-13,15-16H2,1-6H3/t25?,26-,27-,28-,31-/m0/s1. The van der Waals surface area contributed by atoms with Crippen molar-refractivity contribution in [1.82, 2.24) is 14.7 Å². The van der Waals surface area contributed by atoms with E-state index in [0.29, 0.717) is 63.0 Å². The largest absolute Gasteiger partial charge is 0.493 e. The average Bonchev–Trinajstić information content (AvgIpc) is 3.67. The van der Waals surface area contributed by atoms with Gasteiger partial charge in [-0.3, -0.25) is 33.9 Å². The first-order chi connectivity index (χ1) is 24.5. The number of likely N-dealkylation sites (N-methyl/N-ethyl adjacent to an activating group) is 1. The van der Waals surface area contributed by atoms with E-state index in [0.717, 1.165) is 16.7 Å². The Labute approximate surface area is 294 Å². The number of aryl methyl sites for hydroxylation is 1. The molecule has 262 valence electrons. The Balaban J connectivity index is 1.39. The topological polar surface area (TPSA) is 148 Å². The molecule has 0 spiro atoms. The van der Waals surface area contributed by atoms with Crippen LogP contribution in [0.5, 0.6) is 28.7 Å². The van der Waals surface area contributed by atoms with E-state index in [-0.39, 0.29) is 25.8 Å². The van der Waals surface area contributed by atoms with Crippen LogP contribution in [-0.2, 0) is 22.4 Å². The molecule has 5 aliphatic heterocycles. The zero-order valence-corrected chi connectivity index (χ0v) is 29.1. The van der Waals surface area contributed by atoms with Crippen LogP contribution in [0.15, 0.2) is 30.3 Å². The number of hydrogen-bond acceptors (Lipinski definition) is 12. The van der Waals surface area contributed by atoms with Crippen molar-refractivity contribution in [2.75, 3.05) is 27.5 Å². The summed E-state index contributed by atoms with van der Waals surface area (Å²) >= 11 is 0. The molecule has 5 atom stereocenters. The average molecular weight is 693 g/mol. The predicted octanol–water partition coefficient (Wildman–Crippen LogP) is 3.96. The first-order valence-corrected chi connectivity index (χ1v) is 16.8. The van der Waals surface area contributed by atoms with Gasteiger partial charge in [0.15, 0.2) is 23.0 Å². The highest BCUT2D eigenvalue weighted by Crippen LogP contribution is 2.59. The highest BCUT2D eigenvalue weighted by Gasteiger charge is 2.58. The summed E-state index contributed by atoms with van der Waals surface area (Å²) in [6, 6.07) is 8.53. The van der Waals surface area contributed by atoms with Gasteiger partial charge >= 0.3 is 11.9 Å². The first kappa shape index (κ1) is 32.7. The minimum absolute atomic E-state index is 0.0801. The van der Waals surface area contributed by atoms with Crippen LogP contribution < -0.4 is 23.7 Å². The SMILES string of the molecule is COc1c(C)cc2c(c1OC(C)=O)[C@@H]1[C@@H]3Cc4c(OC(C)=O)c(C)c5c(c4[C@H](CN4C(=O)c6ccccc6C4=O)N3[C@@H](C#N)C(C2)N1C)OCO5. The van der Waals surface area contributed by atoms with Crippen molar-refractivity contribution in [3.05, 3.63) is 74.8 Å². The van der Waals surface area contributed by atoms with Crippen LogP contribution in [0.4, 0.5) is 0 Å². The minimum atomic E-state index is -0.777. The number of imide groups is 1. The second-order valence-corrected chi connectivity index (χ2v) is 13.7. The Morgan fingerprint density at radius 2 is 1.57 bits per heavy atom. The molecule has 1 fully saturated rings. The number of nitrogens with zero attached hydrogens (tertiary/aromatic N) is 4. The Hall–Kier alpha value is -5.45. The highest BCUT2D eigenvalue weighted by molar-refractivity contribution is 6.21. The molecule has 13 nitrogen and oxygen atoms in total. The van der Waals surface area contributed by atoms with Crippen molar-refractivity contribution in [2.24, 2.45) is 0 Å². The van der Waals surface area contributed by atoms with Crippen LogP contribution in [0, 0.1) is 25.2 Å². The van der Waals surface area contributed by atoms with Gasteiger partial charge in [-0.05, 0) is 57.0 Å². The summed E-state index contributed by atoms with van der Waals surface area (Å²) in [5.74, 6) is -0.0275. The lowest BCUT2D eigenvalue weighted by Gasteiger charge is -2.60. The normalized spacial score (nSPS) is 24.3. The number of fused-ring (bicyclic) bond motifs is 10. The first-order valence-electron chi connectivity index (χ1n) is 16.8. The number of rotatable bonds is 5. The number of carbonyl (C=O) groups is 4. The fourth-order valence-corrected chi connectivity index (χ4v) is 9.09. The minimum Gasteiger partial charge on any atom is -0.493 e. The van der Waals surface area contributed by atoms with Gasteiger partial charge in [0.05, 0.1) is 36.4 Å². The number of esters is 2. The smallest absolute Gasteiger partial charge is 0.308 e. The summed E-state index contributed by atoms with van der Waals surface area (Å²) < 4.78 is 29.7. The Morgan fingerprint density at radius 3 is 2.20 bits per heavy atom. The maximum Gasteiger partial charge on any atom is 0.308 e. The number of benzene rings is 3. The molecule has 0 radical (unpaired) electrons. The van der Waals surface area contributed by atoms with Crippen LogP contribution in [-0.4, -0.2) is 84.1 Å². The van der Waals surface area contributed by atoms with E-state index in [9.17, 15) is 24.4 Å². The molecule has 1 saturated heterocycles. The van der Waals surface area contributed by atoms with Gasteiger partial charge in [0.2, 0.25) is 6.79 Å². The van der Waals surface area contributed by atoms with E-state index in [1.807, 2.05) is 20.0 Å². The summed E-state index contributed by atoms with van der Waals surface area (Å²) in [6.07, 6.45) is 0.739. The molecule has 0 saturated carbocycles. The van der Waals surface area contributed by atoms with Gasteiger partial charge in [-0.1, -0.05) is 18.2 Å². The van der Waals surface area contributed by atoms with Gasteiger partial charge in [0.1, 0.15) is 11.8 Å². The summed E-state index contributed by atoms with van der Waals surface area (Å²) in [5.41, 5.74) is 4.91. The number of hydrogen-bond donors (Lipinski definition) is 0. The molecule has 2 bridgehead atoms. The van der Waals surface area contributed by atoms with Gasteiger partial charge in [0, 0.05) is 54.7 Å². The lowest BCUT2D eigenvalue weighted by Crippen LogP contribution is -2.69. The number of ether oxygens (including phenoxy) is 5. The van der Waals surface area contributed by atoms with Gasteiger partial charge < -0.3 is 23.7 Å². The monoisotopic (exact) mass is 692 g/mol. The molecule has 0 aromatic heterocycles. The second-order valence-electron chi connectivity index (χ2n) is 13.7. The van der Waals surface area contributed by atoms with Crippen LogP contribution in [0.3, 0.4) is 0 Å². The lowest BCUT2D eigenvalue weighted by atomic mass is 9.71. The fourth-order valence-electron chi connectivity index (χ4n) is 9.09. The molecule has 13 heteroatoms. The number of piperazine rings is 1. The van der Waals surface area contributed by atoms with E-state index >= 15 is 0 Å². The quantitative estimate of drug-likeness (QED) is 0.217. The third-order valence-corrected chi connectivity index (χ3v) is 11.0. The molecule has 8 rings (SSSR count). The zero-order chi connectivity index (χ0) is 36.0. The number of carbonyl (C=O) groups excluding carboxylic acids is 4. The molecule has 3 aromatic rings. The lowest BCUT2D eigenvalue weighted by molar-refractivity contribution is -0.133. The maximum atomic E-state index is 13.9. The summed E-state index contributed by atoms with van der Waals surface area (Å²) in [6.45, 7) is 6.15. The number of nitriles is 1.